The van der Waals surface area contributed by atoms with Crippen LogP contribution in [0.2, 0.25) is 0 Å². The number of ether oxygens (including phenoxy) is 1. The second-order valence-corrected chi connectivity index (χ2v) is 8.11. The van der Waals surface area contributed by atoms with E-state index in [9.17, 15) is 18.3 Å². The molecule has 1 aliphatic heterocycles. The van der Waals surface area contributed by atoms with Gasteiger partial charge >= 0.3 is 5.97 Å². The van der Waals surface area contributed by atoms with Crippen LogP contribution in [0.15, 0.2) is 53.4 Å². The maximum absolute atomic E-state index is 12.5. The standard InChI is InChI=1S/C18H17NO5S/c20-18(21)14-8-4-7-13-15-9-11(10-16(15)24-17(13)14)19-25(22,23)12-5-2-1-3-6-12/h1-8,11,15-16,19H,9-10H2,(H,20,21). The SMILES string of the molecule is O=C(O)c1cccc2c1OC1CC(NS(=O)(=O)c3ccccc3)CC21. The molecule has 2 aliphatic rings. The zero-order valence-corrected chi connectivity index (χ0v) is 14.1. The number of carboxylic acid groups (broad SMARTS) is 1. The van der Waals surface area contributed by atoms with Crippen LogP contribution in [0.1, 0.15) is 34.7 Å². The van der Waals surface area contributed by atoms with Crippen LogP contribution in [-0.2, 0) is 10.0 Å². The third-order valence-electron chi connectivity index (χ3n) is 4.82. The van der Waals surface area contributed by atoms with Gasteiger partial charge in [-0.3, -0.25) is 0 Å². The van der Waals surface area contributed by atoms with Gasteiger partial charge in [-0.2, -0.15) is 0 Å². The molecule has 3 unspecified atom stereocenters. The maximum atomic E-state index is 12.5. The summed E-state index contributed by atoms with van der Waals surface area (Å²) in [7, 11) is -3.57. The first-order valence-corrected chi connectivity index (χ1v) is 9.54. The number of para-hydroxylation sites is 1. The summed E-state index contributed by atoms with van der Waals surface area (Å²) >= 11 is 0. The number of carboxylic acids is 1. The van der Waals surface area contributed by atoms with Crippen LogP contribution in [0, 0.1) is 0 Å². The van der Waals surface area contributed by atoms with E-state index in [1.807, 2.05) is 6.07 Å². The minimum Gasteiger partial charge on any atom is -0.489 e. The number of hydrogen-bond donors (Lipinski definition) is 2. The highest BCUT2D eigenvalue weighted by atomic mass is 32.2. The Bertz CT molecular complexity index is 926. The normalized spacial score (nSPS) is 24.4. The summed E-state index contributed by atoms with van der Waals surface area (Å²) in [6, 6.07) is 13.1. The highest BCUT2D eigenvalue weighted by molar-refractivity contribution is 7.89. The van der Waals surface area contributed by atoms with Crippen LogP contribution in [0.5, 0.6) is 5.75 Å². The van der Waals surface area contributed by atoms with Crippen LogP contribution in [0.4, 0.5) is 0 Å². The van der Waals surface area contributed by atoms with E-state index in [1.165, 1.54) is 6.07 Å². The average Bonchev–Trinajstić information content (AvgIpc) is 3.12. The van der Waals surface area contributed by atoms with Gasteiger partial charge in [0.15, 0.2) is 0 Å². The minimum atomic E-state index is -3.57. The molecule has 0 radical (unpaired) electrons. The lowest BCUT2D eigenvalue weighted by atomic mass is 9.96. The van der Waals surface area contributed by atoms with Crippen molar-refractivity contribution < 1.29 is 23.1 Å². The van der Waals surface area contributed by atoms with Crippen molar-refractivity contribution in [2.75, 3.05) is 0 Å². The van der Waals surface area contributed by atoms with Crippen LogP contribution in [0.25, 0.3) is 0 Å². The number of aromatic carboxylic acids is 1. The number of rotatable bonds is 4. The van der Waals surface area contributed by atoms with E-state index in [4.69, 9.17) is 4.74 Å². The van der Waals surface area contributed by atoms with E-state index in [0.717, 1.165) is 5.56 Å². The topological polar surface area (TPSA) is 92.7 Å². The Labute approximate surface area is 145 Å². The van der Waals surface area contributed by atoms with Gasteiger partial charge in [0, 0.05) is 23.9 Å². The first kappa shape index (κ1) is 16.1. The number of nitrogens with one attached hydrogen (secondary N) is 1. The number of fused-ring (bicyclic) bond motifs is 3. The first-order valence-electron chi connectivity index (χ1n) is 8.06. The van der Waals surface area contributed by atoms with Crippen molar-refractivity contribution in [3.63, 3.8) is 0 Å². The van der Waals surface area contributed by atoms with Crippen LogP contribution in [0.3, 0.4) is 0 Å². The summed E-state index contributed by atoms with van der Waals surface area (Å²) in [5.41, 5.74) is 1.01. The minimum absolute atomic E-state index is 0.0118. The molecule has 1 aliphatic carbocycles. The Morgan fingerprint density at radius 2 is 1.84 bits per heavy atom. The lowest BCUT2D eigenvalue weighted by Crippen LogP contribution is -2.33. The number of benzene rings is 2. The molecule has 0 spiro atoms. The maximum Gasteiger partial charge on any atom is 0.339 e. The van der Waals surface area contributed by atoms with E-state index >= 15 is 0 Å². The fourth-order valence-corrected chi connectivity index (χ4v) is 5.02. The van der Waals surface area contributed by atoms with Gasteiger partial charge in [0.2, 0.25) is 10.0 Å². The average molecular weight is 359 g/mol. The predicted octanol–water partition coefficient (Wildman–Crippen LogP) is 2.37. The smallest absolute Gasteiger partial charge is 0.339 e. The quantitative estimate of drug-likeness (QED) is 0.874. The fraction of sp³-hybridized carbons (Fsp3) is 0.278. The molecule has 0 bridgehead atoms. The third-order valence-corrected chi connectivity index (χ3v) is 6.36. The lowest BCUT2D eigenvalue weighted by Gasteiger charge is -2.15. The van der Waals surface area contributed by atoms with Crippen molar-refractivity contribution in [3.05, 3.63) is 59.7 Å². The molecule has 25 heavy (non-hydrogen) atoms. The Hall–Kier alpha value is -2.38. The van der Waals surface area contributed by atoms with Gasteiger partial charge in [0.05, 0.1) is 4.90 Å². The summed E-state index contributed by atoms with van der Waals surface area (Å²) in [4.78, 5) is 11.6. The second kappa shape index (κ2) is 5.86. The molecule has 6 nitrogen and oxygen atoms in total. The zero-order valence-electron chi connectivity index (χ0n) is 13.3. The molecule has 2 N–H and O–H groups in total. The molecule has 1 saturated carbocycles. The summed E-state index contributed by atoms with van der Waals surface area (Å²) in [5.74, 6) is -0.578. The molecule has 0 aromatic heterocycles. The molecule has 4 rings (SSSR count). The van der Waals surface area contributed by atoms with Gasteiger partial charge in [-0.25, -0.2) is 17.9 Å². The molecule has 130 valence electrons. The van der Waals surface area contributed by atoms with Crippen molar-refractivity contribution in [2.45, 2.75) is 35.8 Å². The van der Waals surface area contributed by atoms with Crippen molar-refractivity contribution in [2.24, 2.45) is 0 Å². The van der Waals surface area contributed by atoms with E-state index in [2.05, 4.69) is 4.72 Å². The zero-order chi connectivity index (χ0) is 17.6. The molecule has 2 aromatic carbocycles. The fourth-order valence-electron chi connectivity index (χ4n) is 3.74. The van der Waals surface area contributed by atoms with E-state index in [0.29, 0.717) is 18.6 Å². The summed E-state index contributed by atoms with van der Waals surface area (Å²) in [5, 5.41) is 9.27. The van der Waals surface area contributed by atoms with E-state index in [1.54, 1.807) is 36.4 Å². The molecular weight excluding hydrogens is 342 g/mol. The molecule has 1 fully saturated rings. The monoisotopic (exact) mass is 359 g/mol. The molecule has 0 amide bonds. The summed E-state index contributed by atoms with van der Waals surface area (Å²) in [6.07, 6.45) is 0.913. The highest BCUT2D eigenvalue weighted by Gasteiger charge is 2.45. The molecule has 3 atom stereocenters. The van der Waals surface area contributed by atoms with E-state index in [-0.39, 0.29) is 28.5 Å². The Kier molecular flexibility index (Phi) is 3.77. The van der Waals surface area contributed by atoms with E-state index < -0.39 is 16.0 Å². The Morgan fingerprint density at radius 1 is 1.08 bits per heavy atom. The van der Waals surface area contributed by atoms with Crippen molar-refractivity contribution >= 4 is 16.0 Å². The Balaban J connectivity index is 1.54. The number of hydrogen-bond acceptors (Lipinski definition) is 4. The van der Waals surface area contributed by atoms with Gasteiger partial charge in [-0.05, 0) is 24.6 Å². The van der Waals surface area contributed by atoms with Crippen molar-refractivity contribution in [3.8, 4) is 5.75 Å². The second-order valence-electron chi connectivity index (χ2n) is 6.39. The number of carbonyl (C=O) groups is 1. The largest absolute Gasteiger partial charge is 0.489 e. The first-order chi connectivity index (χ1) is 12.0. The third kappa shape index (κ3) is 2.79. The Morgan fingerprint density at radius 3 is 2.56 bits per heavy atom. The van der Waals surface area contributed by atoms with Crippen LogP contribution < -0.4 is 9.46 Å². The van der Waals surface area contributed by atoms with Crippen LogP contribution in [-0.4, -0.2) is 31.6 Å². The number of sulfonamides is 1. The van der Waals surface area contributed by atoms with Gasteiger partial charge in [-0.1, -0.05) is 30.3 Å². The predicted molar refractivity (Wildman–Crippen MR) is 90.3 cm³/mol. The highest BCUT2D eigenvalue weighted by Crippen LogP contribution is 2.48. The molecule has 7 heteroatoms. The van der Waals surface area contributed by atoms with Gasteiger partial charge in [-0.15, -0.1) is 0 Å². The summed E-state index contributed by atoms with van der Waals surface area (Å²) < 4.78 is 33.5. The molecular formula is C18H17NO5S. The van der Waals surface area contributed by atoms with Crippen LogP contribution >= 0.6 is 0 Å². The molecule has 2 aromatic rings. The molecule has 0 saturated heterocycles. The van der Waals surface area contributed by atoms with Gasteiger partial charge in [0.25, 0.3) is 0 Å². The molecule has 1 heterocycles. The summed E-state index contributed by atoms with van der Waals surface area (Å²) in [6.45, 7) is 0. The van der Waals surface area contributed by atoms with Crippen molar-refractivity contribution in [1.29, 1.82) is 0 Å². The van der Waals surface area contributed by atoms with Gasteiger partial charge in [0.1, 0.15) is 17.4 Å². The lowest BCUT2D eigenvalue weighted by molar-refractivity contribution is 0.0691. The van der Waals surface area contributed by atoms with Gasteiger partial charge < -0.3 is 9.84 Å². The van der Waals surface area contributed by atoms with Crippen molar-refractivity contribution in [1.82, 2.24) is 4.72 Å².